The molecule has 102 valence electrons. The van der Waals surface area contributed by atoms with Gasteiger partial charge in [-0.25, -0.2) is 9.79 Å². The number of amidine groups is 1. The second-order valence-corrected chi connectivity index (χ2v) is 5.71. The van der Waals surface area contributed by atoms with Crippen molar-refractivity contribution in [3.05, 3.63) is 21.7 Å². The minimum Gasteiger partial charge on any atom is -0.504 e. The first-order chi connectivity index (χ1) is 8.90. The molecule has 0 aliphatic carbocycles. The Morgan fingerprint density at radius 3 is 2.84 bits per heavy atom. The number of thioether (sulfide) groups is 1. The van der Waals surface area contributed by atoms with E-state index in [4.69, 9.17) is 28.3 Å². The van der Waals surface area contributed by atoms with Gasteiger partial charge in [0.15, 0.2) is 17.0 Å². The van der Waals surface area contributed by atoms with Crippen molar-refractivity contribution in [1.29, 1.82) is 0 Å². The number of nitrogens with one attached hydrogen (secondary N) is 1. The van der Waals surface area contributed by atoms with E-state index in [1.165, 1.54) is 17.8 Å². The number of phenolic OH excluding ortho intramolecular Hbond substituents is 1. The molecule has 3 N–H and O–H groups in total. The highest BCUT2D eigenvalue weighted by molar-refractivity contribution is 8.14. The van der Waals surface area contributed by atoms with Crippen LogP contribution in [-0.2, 0) is 4.79 Å². The van der Waals surface area contributed by atoms with Gasteiger partial charge in [-0.15, -0.1) is 0 Å². The lowest BCUT2D eigenvalue weighted by atomic mass is 10.2. The van der Waals surface area contributed by atoms with Crippen molar-refractivity contribution in [2.45, 2.75) is 13.0 Å². The maximum atomic E-state index is 10.8. The van der Waals surface area contributed by atoms with Crippen LogP contribution < -0.4 is 5.32 Å². The molecular formula is C11H10Cl2N2O3S. The maximum absolute atomic E-state index is 10.8. The third-order valence-corrected chi connectivity index (χ3v) is 4.42. The lowest BCUT2D eigenvalue weighted by Gasteiger charge is -2.11. The molecule has 0 fully saturated rings. The van der Waals surface area contributed by atoms with Crippen LogP contribution in [0.15, 0.2) is 11.1 Å². The monoisotopic (exact) mass is 320 g/mol. The standard InChI is InChI=1S/C11H10Cl2N2O3S/c1-4-5(12)2-6(9(16)8(4)13)14-11-15-7(3-19-11)10(17)18/h2,7,16H,3H2,1H3,(H,14,15)(H,17,18)/t7-/m0/s1. The summed E-state index contributed by atoms with van der Waals surface area (Å²) in [4.78, 5) is 14.8. The number of rotatable bonds is 2. The van der Waals surface area contributed by atoms with Gasteiger partial charge in [0, 0.05) is 10.8 Å². The van der Waals surface area contributed by atoms with Crippen LogP contribution >= 0.6 is 35.0 Å². The average Bonchev–Trinajstić information content (AvgIpc) is 2.82. The number of aromatic hydroxyl groups is 1. The highest BCUT2D eigenvalue weighted by atomic mass is 35.5. The molecule has 1 aromatic rings. The van der Waals surface area contributed by atoms with Gasteiger partial charge in [-0.1, -0.05) is 35.0 Å². The third-order valence-electron chi connectivity index (χ3n) is 2.60. The minimum atomic E-state index is -0.978. The van der Waals surface area contributed by atoms with Crippen molar-refractivity contribution < 1.29 is 15.0 Å². The van der Waals surface area contributed by atoms with Crippen LogP contribution in [0.4, 0.5) is 5.69 Å². The molecule has 0 aromatic heterocycles. The van der Waals surface area contributed by atoms with E-state index in [0.717, 1.165) is 0 Å². The Balaban J connectivity index is 2.26. The SMILES string of the molecule is Cc1c(Cl)cc(NC2=N[C@H](C(=O)O)CS2)c(O)c1Cl. The van der Waals surface area contributed by atoms with Crippen molar-refractivity contribution in [3.63, 3.8) is 0 Å². The lowest BCUT2D eigenvalue weighted by Crippen LogP contribution is -2.17. The van der Waals surface area contributed by atoms with E-state index in [0.29, 0.717) is 27.2 Å². The van der Waals surface area contributed by atoms with Crippen LogP contribution in [0.25, 0.3) is 0 Å². The predicted octanol–water partition coefficient (Wildman–Crippen LogP) is 2.98. The molecule has 1 aromatic carbocycles. The van der Waals surface area contributed by atoms with E-state index in [-0.39, 0.29) is 10.8 Å². The molecule has 1 atom stereocenters. The van der Waals surface area contributed by atoms with Crippen molar-refractivity contribution in [2.24, 2.45) is 4.99 Å². The van der Waals surface area contributed by atoms with Gasteiger partial charge in [-0.3, -0.25) is 0 Å². The quantitative estimate of drug-likeness (QED) is 0.730. The van der Waals surface area contributed by atoms with Crippen LogP contribution in [0.5, 0.6) is 5.75 Å². The van der Waals surface area contributed by atoms with Crippen molar-refractivity contribution >= 4 is 51.8 Å². The minimum absolute atomic E-state index is 0.134. The van der Waals surface area contributed by atoms with Gasteiger partial charge in [-0.05, 0) is 18.6 Å². The van der Waals surface area contributed by atoms with Gasteiger partial charge < -0.3 is 15.5 Å². The Labute approximate surface area is 123 Å². The van der Waals surface area contributed by atoms with Crippen LogP contribution in [0.3, 0.4) is 0 Å². The molecule has 1 aliphatic rings. The number of aliphatic carboxylic acids is 1. The number of hydrogen-bond acceptors (Lipinski definition) is 5. The lowest BCUT2D eigenvalue weighted by molar-refractivity contribution is -0.137. The second-order valence-electron chi connectivity index (χ2n) is 3.92. The van der Waals surface area contributed by atoms with E-state index in [1.807, 2.05) is 0 Å². The van der Waals surface area contributed by atoms with Crippen LogP contribution in [-0.4, -0.2) is 33.1 Å². The molecule has 0 saturated heterocycles. The number of carboxylic acid groups (broad SMARTS) is 1. The molecular weight excluding hydrogens is 311 g/mol. The van der Waals surface area contributed by atoms with E-state index >= 15 is 0 Å². The normalized spacial score (nSPS) is 18.3. The first-order valence-electron chi connectivity index (χ1n) is 5.28. The van der Waals surface area contributed by atoms with Crippen LogP contribution in [0, 0.1) is 6.92 Å². The zero-order chi connectivity index (χ0) is 14.2. The zero-order valence-corrected chi connectivity index (χ0v) is 12.1. The summed E-state index contributed by atoms with van der Waals surface area (Å²) in [6.07, 6.45) is 0. The molecule has 1 aliphatic heterocycles. The number of nitrogens with zero attached hydrogens (tertiary/aromatic N) is 1. The maximum Gasteiger partial charge on any atom is 0.329 e. The van der Waals surface area contributed by atoms with Crippen molar-refractivity contribution in [2.75, 3.05) is 11.1 Å². The predicted molar refractivity (Wildman–Crippen MR) is 77.8 cm³/mol. The van der Waals surface area contributed by atoms with Gasteiger partial charge in [-0.2, -0.15) is 0 Å². The molecule has 0 amide bonds. The summed E-state index contributed by atoms with van der Waals surface area (Å²) in [5, 5.41) is 22.6. The summed E-state index contributed by atoms with van der Waals surface area (Å²) in [5.74, 6) is -0.759. The number of carbonyl (C=O) groups is 1. The smallest absolute Gasteiger partial charge is 0.329 e. The van der Waals surface area contributed by atoms with Gasteiger partial charge in [0.2, 0.25) is 0 Å². The molecule has 8 heteroatoms. The summed E-state index contributed by atoms with van der Waals surface area (Å²) in [6, 6.07) is 0.751. The Kier molecular flexibility index (Phi) is 4.13. The Morgan fingerprint density at radius 1 is 1.58 bits per heavy atom. The number of phenols is 1. The van der Waals surface area contributed by atoms with E-state index in [9.17, 15) is 9.90 Å². The first-order valence-corrected chi connectivity index (χ1v) is 7.02. The number of aliphatic imine (C=N–C) groups is 1. The summed E-state index contributed by atoms with van der Waals surface area (Å²) < 4.78 is 0. The largest absolute Gasteiger partial charge is 0.504 e. The van der Waals surface area contributed by atoms with Crippen LogP contribution in [0.1, 0.15) is 5.56 Å². The molecule has 0 unspecified atom stereocenters. The van der Waals surface area contributed by atoms with E-state index < -0.39 is 12.0 Å². The van der Waals surface area contributed by atoms with Crippen molar-refractivity contribution in [1.82, 2.24) is 0 Å². The molecule has 0 bridgehead atoms. The molecule has 0 spiro atoms. The van der Waals surface area contributed by atoms with Gasteiger partial charge in [0.1, 0.15) is 0 Å². The summed E-state index contributed by atoms with van der Waals surface area (Å²) >= 11 is 13.2. The first kappa shape index (κ1) is 14.3. The number of hydrogen-bond donors (Lipinski definition) is 3. The zero-order valence-electron chi connectivity index (χ0n) is 9.78. The molecule has 1 heterocycles. The molecule has 19 heavy (non-hydrogen) atoms. The fourth-order valence-corrected chi connectivity index (χ4v) is 2.86. The third kappa shape index (κ3) is 2.91. The van der Waals surface area contributed by atoms with Crippen LogP contribution in [0.2, 0.25) is 10.0 Å². The summed E-state index contributed by atoms with van der Waals surface area (Å²) in [7, 11) is 0. The fraction of sp³-hybridized carbons (Fsp3) is 0.273. The number of benzene rings is 1. The Hall–Kier alpha value is -1.11. The fourth-order valence-electron chi connectivity index (χ4n) is 1.48. The highest BCUT2D eigenvalue weighted by Crippen LogP contribution is 2.39. The molecule has 2 rings (SSSR count). The number of anilines is 1. The summed E-state index contributed by atoms with van der Waals surface area (Å²) in [5.41, 5.74) is 0.883. The summed E-state index contributed by atoms with van der Waals surface area (Å²) in [6.45, 7) is 1.69. The topological polar surface area (TPSA) is 81.9 Å². The van der Waals surface area contributed by atoms with Gasteiger partial charge >= 0.3 is 5.97 Å². The highest BCUT2D eigenvalue weighted by Gasteiger charge is 2.25. The Bertz CT molecular complexity index is 578. The molecule has 0 radical (unpaired) electrons. The Morgan fingerprint density at radius 2 is 2.26 bits per heavy atom. The molecule has 0 saturated carbocycles. The second kappa shape index (κ2) is 5.48. The van der Waals surface area contributed by atoms with Crippen molar-refractivity contribution in [3.8, 4) is 5.75 Å². The van der Waals surface area contributed by atoms with Gasteiger partial charge in [0.05, 0.1) is 10.7 Å². The van der Waals surface area contributed by atoms with E-state index in [1.54, 1.807) is 6.92 Å². The molecule has 5 nitrogen and oxygen atoms in total. The van der Waals surface area contributed by atoms with Gasteiger partial charge in [0.25, 0.3) is 0 Å². The number of halogens is 2. The average molecular weight is 321 g/mol. The van der Waals surface area contributed by atoms with E-state index in [2.05, 4.69) is 10.3 Å². The number of carboxylic acids is 1.